The van der Waals surface area contributed by atoms with E-state index in [0.29, 0.717) is 0 Å². The monoisotopic (exact) mass is 138 g/mol. The molecule has 54 valence electrons. The van der Waals surface area contributed by atoms with Crippen molar-refractivity contribution >= 4 is 6.20 Å². The Kier molecular flexibility index (Phi) is 2.10. The van der Waals surface area contributed by atoms with Gasteiger partial charge in [-0.3, -0.25) is 5.43 Å². The van der Waals surface area contributed by atoms with Gasteiger partial charge in [0.25, 0.3) is 6.33 Å². The van der Waals surface area contributed by atoms with Gasteiger partial charge in [0.1, 0.15) is 6.20 Å². The molecule has 0 radical (unpaired) electrons. The number of hydrogen-bond acceptors (Lipinski definition) is 1. The molecule has 0 aliphatic rings. The lowest BCUT2D eigenvalue weighted by atomic mass is 10.8. The van der Waals surface area contributed by atoms with Crippen LogP contribution < -0.4 is 9.99 Å². The van der Waals surface area contributed by atoms with Crippen LogP contribution in [0.1, 0.15) is 6.92 Å². The molecule has 1 aromatic rings. The highest BCUT2D eigenvalue weighted by Crippen LogP contribution is 1.77. The van der Waals surface area contributed by atoms with Gasteiger partial charge in [0.05, 0.1) is 6.20 Å². The molecule has 1 aromatic heterocycles. The number of imidazole rings is 1. The van der Waals surface area contributed by atoms with E-state index < -0.39 is 0 Å². The molecule has 3 nitrogen and oxygen atoms in total. The van der Waals surface area contributed by atoms with Crippen LogP contribution >= 0.6 is 0 Å². The predicted octanol–water partition coefficient (Wildman–Crippen LogP) is 0.439. The zero-order valence-corrected chi connectivity index (χ0v) is 6.12. The summed E-state index contributed by atoms with van der Waals surface area (Å²) in [7, 11) is 0. The van der Waals surface area contributed by atoms with Gasteiger partial charge in [-0.05, 0) is 6.92 Å². The van der Waals surface area contributed by atoms with Crippen molar-refractivity contribution in [1.82, 2.24) is 4.68 Å². The fraction of sp³-hybridized carbons (Fsp3) is 0.286. The van der Waals surface area contributed by atoms with Crippen LogP contribution in [0, 0.1) is 0 Å². The highest BCUT2D eigenvalue weighted by molar-refractivity contribution is 4.95. The second-order valence-electron chi connectivity index (χ2n) is 1.96. The molecular weight excluding hydrogens is 126 g/mol. The van der Waals surface area contributed by atoms with Crippen molar-refractivity contribution in [3.05, 3.63) is 25.3 Å². The van der Waals surface area contributed by atoms with Gasteiger partial charge in [-0.25, -0.2) is 4.57 Å². The Bertz CT molecular complexity index is 214. The molecule has 0 aliphatic carbocycles. The summed E-state index contributed by atoms with van der Waals surface area (Å²) in [5.74, 6) is 0. The van der Waals surface area contributed by atoms with Crippen LogP contribution in [-0.2, 0) is 0 Å². The molecule has 0 fully saturated rings. The molecule has 1 heterocycles. The van der Waals surface area contributed by atoms with E-state index in [-0.39, 0.29) is 0 Å². The normalized spacial score (nSPS) is 9.30. The molecule has 1 N–H and O–H groups in total. The number of nitrogens with zero attached hydrogens (tertiary/aromatic N) is 2. The Morgan fingerprint density at radius 1 is 1.80 bits per heavy atom. The van der Waals surface area contributed by atoms with Gasteiger partial charge in [0, 0.05) is 6.54 Å². The molecule has 0 aromatic carbocycles. The number of hydrogen-bond donors (Lipinski definition) is 1. The summed E-state index contributed by atoms with van der Waals surface area (Å²) in [5.41, 5.74) is 3.11. The fourth-order valence-corrected chi connectivity index (χ4v) is 0.754. The Labute approximate surface area is 60.6 Å². The van der Waals surface area contributed by atoms with E-state index in [1.165, 1.54) is 0 Å². The first-order valence-corrected chi connectivity index (χ1v) is 3.32. The minimum Gasteiger partial charge on any atom is -0.257 e. The topological polar surface area (TPSA) is 20.8 Å². The quantitative estimate of drug-likeness (QED) is 0.601. The molecule has 10 heavy (non-hydrogen) atoms. The van der Waals surface area contributed by atoms with Crippen LogP contribution in [0.5, 0.6) is 0 Å². The van der Waals surface area contributed by atoms with Gasteiger partial charge in [0.15, 0.2) is 6.20 Å². The molecule has 0 spiro atoms. The maximum absolute atomic E-state index is 3.63. The van der Waals surface area contributed by atoms with Crippen molar-refractivity contribution in [2.75, 3.05) is 12.0 Å². The molecule has 0 bridgehead atoms. The molecule has 0 aliphatic heterocycles. The zero-order valence-electron chi connectivity index (χ0n) is 6.12. The first-order valence-electron chi connectivity index (χ1n) is 3.32. The summed E-state index contributed by atoms with van der Waals surface area (Å²) in [6.45, 7) is 6.60. The summed E-state index contributed by atoms with van der Waals surface area (Å²) < 4.78 is 3.77. The summed E-state index contributed by atoms with van der Waals surface area (Å²) in [4.78, 5) is 0. The van der Waals surface area contributed by atoms with E-state index in [0.717, 1.165) is 6.54 Å². The van der Waals surface area contributed by atoms with Gasteiger partial charge in [0.2, 0.25) is 0 Å². The SMILES string of the molecule is C=C[n+]1ccn(NCC)c1. The standard InChI is InChI=1S/C7H12N3/c1-3-8-10-6-5-9(4-2)7-10/h4-8H,2-3H2,1H3/q+1. The van der Waals surface area contributed by atoms with Gasteiger partial charge in [-0.15, -0.1) is 4.68 Å². The fourth-order valence-electron chi connectivity index (χ4n) is 0.754. The second-order valence-corrected chi connectivity index (χ2v) is 1.96. The van der Waals surface area contributed by atoms with Gasteiger partial charge < -0.3 is 0 Å². The number of aromatic nitrogens is 2. The average Bonchev–Trinajstić information content (AvgIpc) is 2.37. The largest absolute Gasteiger partial charge is 0.271 e. The van der Waals surface area contributed by atoms with Crippen LogP contribution in [0.2, 0.25) is 0 Å². The third-order valence-corrected chi connectivity index (χ3v) is 1.21. The Balaban J connectivity index is 2.68. The zero-order chi connectivity index (χ0) is 7.40. The number of rotatable bonds is 3. The lowest BCUT2D eigenvalue weighted by molar-refractivity contribution is -0.567. The smallest absolute Gasteiger partial charge is 0.257 e. The van der Waals surface area contributed by atoms with Crippen molar-refractivity contribution in [2.45, 2.75) is 6.92 Å². The van der Waals surface area contributed by atoms with Crippen molar-refractivity contribution in [3.8, 4) is 0 Å². The van der Waals surface area contributed by atoms with Crippen molar-refractivity contribution < 1.29 is 4.57 Å². The van der Waals surface area contributed by atoms with E-state index in [9.17, 15) is 0 Å². The Hall–Kier alpha value is -1.25. The van der Waals surface area contributed by atoms with Crippen molar-refractivity contribution in [3.63, 3.8) is 0 Å². The number of nitrogens with one attached hydrogen (secondary N) is 1. The lowest BCUT2D eigenvalue weighted by Crippen LogP contribution is -2.23. The van der Waals surface area contributed by atoms with Gasteiger partial charge in [-0.2, -0.15) is 0 Å². The second kappa shape index (κ2) is 3.06. The highest BCUT2D eigenvalue weighted by atomic mass is 15.4. The van der Waals surface area contributed by atoms with E-state index >= 15 is 0 Å². The average molecular weight is 138 g/mol. The van der Waals surface area contributed by atoms with Gasteiger partial charge >= 0.3 is 0 Å². The molecule has 0 saturated heterocycles. The Morgan fingerprint density at radius 2 is 2.60 bits per heavy atom. The van der Waals surface area contributed by atoms with E-state index in [1.807, 2.05) is 28.0 Å². The van der Waals surface area contributed by atoms with Crippen LogP contribution in [0.3, 0.4) is 0 Å². The first kappa shape index (κ1) is 6.86. The van der Waals surface area contributed by atoms with Crippen LogP contribution in [-0.4, -0.2) is 11.2 Å². The molecule has 0 saturated carbocycles. The van der Waals surface area contributed by atoms with Crippen molar-refractivity contribution in [1.29, 1.82) is 0 Å². The molecule has 0 amide bonds. The third-order valence-electron chi connectivity index (χ3n) is 1.21. The first-order chi connectivity index (χ1) is 4.86. The third kappa shape index (κ3) is 1.37. The van der Waals surface area contributed by atoms with Gasteiger partial charge in [-0.1, -0.05) is 6.58 Å². The maximum Gasteiger partial charge on any atom is 0.271 e. The Morgan fingerprint density at radius 3 is 3.10 bits per heavy atom. The van der Waals surface area contributed by atoms with Crippen LogP contribution in [0.25, 0.3) is 6.20 Å². The lowest BCUT2D eigenvalue weighted by Gasteiger charge is -1.92. The highest BCUT2D eigenvalue weighted by Gasteiger charge is 1.95. The van der Waals surface area contributed by atoms with E-state index in [4.69, 9.17) is 0 Å². The van der Waals surface area contributed by atoms with E-state index in [2.05, 4.69) is 18.9 Å². The molecule has 0 atom stereocenters. The molecule has 3 heteroatoms. The summed E-state index contributed by atoms with van der Waals surface area (Å²) in [6, 6.07) is 0. The van der Waals surface area contributed by atoms with E-state index in [1.54, 1.807) is 6.20 Å². The summed E-state index contributed by atoms with van der Waals surface area (Å²) in [6.07, 6.45) is 7.52. The minimum atomic E-state index is 0.922. The van der Waals surface area contributed by atoms with Crippen LogP contribution in [0.15, 0.2) is 25.3 Å². The minimum absolute atomic E-state index is 0.922. The molecular formula is C7H12N3+. The van der Waals surface area contributed by atoms with Crippen molar-refractivity contribution in [2.24, 2.45) is 0 Å². The summed E-state index contributed by atoms with van der Waals surface area (Å²) >= 11 is 0. The molecule has 0 unspecified atom stereocenters. The predicted molar refractivity (Wildman–Crippen MR) is 40.9 cm³/mol. The molecule has 1 rings (SSSR count). The maximum atomic E-state index is 3.63. The summed E-state index contributed by atoms with van der Waals surface area (Å²) in [5, 5.41) is 0. The van der Waals surface area contributed by atoms with Crippen LogP contribution in [0.4, 0.5) is 0 Å².